The Kier molecular flexibility index (Phi) is 3.06. The number of hydrogen-bond donors (Lipinski definition) is 2. The molecule has 15 heavy (non-hydrogen) atoms. The van der Waals surface area contributed by atoms with Crippen LogP contribution in [0.25, 0.3) is 0 Å². The van der Waals surface area contributed by atoms with E-state index in [4.69, 9.17) is 17.3 Å². The molecule has 0 radical (unpaired) electrons. The van der Waals surface area contributed by atoms with Crippen molar-refractivity contribution in [2.75, 3.05) is 11.1 Å². The van der Waals surface area contributed by atoms with Gasteiger partial charge in [-0.15, -0.1) is 0 Å². The number of rotatable bonds is 2. The number of nitrogens with two attached hydrogens (primary N) is 1. The van der Waals surface area contributed by atoms with Crippen LogP contribution in [-0.2, 0) is 0 Å². The Bertz CT molecular complexity index is 331. The van der Waals surface area contributed by atoms with Crippen molar-refractivity contribution in [3.05, 3.63) is 23.2 Å². The van der Waals surface area contributed by atoms with Gasteiger partial charge in [0, 0.05) is 6.04 Å². The van der Waals surface area contributed by atoms with Crippen LogP contribution in [-0.4, -0.2) is 6.04 Å². The predicted molar refractivity (Wildman–Crippen MR) is 66.3 cm³/mol. The summed E-state index contributed by atoms with van der Waals surface area (Å²) in [5.74, 6) is 0.709. The highest BCUT2D eigenvalue weighted by Crippen LogP contribution is 2.33. The molecule has 1 aliphatic rings. The van der Waals surface area contributed by atoms with E-state index in [1.54, 1.807) is 0 Å². The van der Waals surface area contributed by atoms with Gasteiger partial charge < -0.3 is 11.1 Å². The summed E-state index contributed by atoms with van der Waals surface area (Å²) >= 11 is 6.11. The summed E-state index contributed by atoms with van der Waals surface area (Å²) in [4.78, 5) is 0. The Morgan fingerprint density at radius 3 is 2.80 bits per heavy atom. The molecule has 1 saturated carbocycles. The second kappa shape index (κ2) is 4.31. The summed E-state index contributed by atoms with van der Waals surface area (Å²) < 4.78 is 0. The molecule has 0 bridgehead atoms. The number of benzene rings is 1. The van der Waals surface area contributed by atoms with E-state index in [1.807, 2.05) is 18.2 Å². The zero-order valence-corrected chi connectivity index (χ0v) is 9.72. The molecule has 0 amide bonds. The number of nitrogen functional groups attached to an aromatic ring is 1. The minimum atomic E-state index is 0.521. The lowest BCUT2D eigenvalue weighted by Gasteiger charge is -2.20. The smallest absolute Gasteiger partial charge is 0.0765 e. The standard InChI is InChI=1S/C12H17ClN2/c1-8-4-2-7-11(8)15-12-9(13)5-3-6-10(12)14/h3,5-6,8,11,15H,2,4,7,14H2,1H3. The Morgan fingerprint density at radius 2 is 2.20 bits per heavy atom. The Morgan fingerprint density at radius 1 is 1.40 bits per heavy atom. The Hall–Kier alpha value is -0.890. The quantitative estimate of drug-likeness (QED) is 0.755. The van der Waals surface area contributed by atoms with Crippen molar-refractivity contribution in [3.63, 3.8) is 0 Å². The first kappa shape index (κ1) is 10.6. The SMILES string of the molecule is CC1CCCC1Nc1c(N)cccc1Cl. The van der Waals surface area contributed by atoms with Gasteiger partial charge in [0.2, 0.25) is 0 Å². The van der Waals surface area contributed by atoms with Gasteiger partial charge in [-0.05, 0) is 30.9 Å². The van der Waals surface area contributed by atoms with Gasteiger partial charge in [-0.25, -0.2) is 0 Å². The fourth-order valence-corrected chi connectivity index (χ4v) is 2.47. The minimum absolute atomic E-state index is 0.521. The van der Waals surface area contributed by atoms with Crippen LogP contribution in [0.3, 0.4) is 0 Å². The van der Waals surface area contributed by atoms with Crippen LogP contribution in [0.4, 0.5) is 11.4 Å². The van der Waals surface area contributed by atoms with Gasteiger partial charge in [-0.3, -0.25) is 0 Å². The molecule has 82 valence electrons. The lowest BCUT2D eigenvalue weighted by Crippen LogP contribution is -2.22. The lowest BCUT2D eigenvalue weighted by atomic mass is 10.1. The minimum Gasteiger partial charge on any atom is -0.397 e. The molecule has 0 aliphatic heterocycles. The molecule has 1 aliphatic carbocycles. The molecule has 2 nitrogen and oxygen atoms in total. The third-order valence-electron chi connectivity index (χ3n) is 3.24. The number of hydrogen-bond acceptors (Lipinski definition) is 2. The lowest BCUT2D eigenvalue weighted by molar-refractivity contribution is 0.556. The van der Waals surface area contributed by atoms with Crippen molar-refractivity contribution in [1.29, 1.82) is 0 Å². The monoisotopic (exact) mass is 224 g/mol. The summed E-state index contributed by atoms with van der Waals surface area (Å²) in [7, 11) is 0. The normalized spacial score (nSPS) is 25.5. The van der Waals surface area contributed by atoms with Crippen LogP contribution in [0.5, 0.6) is 0 Å². The van der Waals surface area contributed by atoms with Crippen LogP contribution in [0, 0.1) is 5.92 Å². The van der Waals surface area contributed by atoms with E-state index >= 15 is 0 Å². The molecular formula is C12H17ClN2. The van der Waals surface area contributed by atoms with E-state index in [0.717, 1.165) is 11.4 Å². The molecule has 1 fully saturated rings. The third kappa shape index (κ3) is 2.20. The molecule has 1 aromatic carbocycles. The molecule has 1 aromatic rings. The van der Waals surface area contributed by atoms with Gasteiger partial charge in [0.15, 0.2) is 0 Å². The Balaban J connectivity index is 2.16. The first-order valence-corrected chi connectivity index (χ1v) is 5.87. The van der Waals surface area contributed by atoms with Gasteiger partial charge in [0.1, 0.15) is 0 Å². The fourth-order valence-electron chi connectivity index (χ4n) is 2.24. The van der Waals surface area contributed by atoms with Crippen LogP contribution in [0.1, 0.15) is 26.2 Å². The number of anilines is 2. The average molecular weight is 225 g/mol. The highest BCUT2D eigenvalue weighted by molar-refractivity contribution is 6.33. The topological polar surface area (TPSA) is 38.0 Å². The molecule has 2 atom stereocenters. The maximum atomic E-state index is 6.11. The third-order valence-corrected chi connectivity index (χ3v) is 3.55. The van der Waals surface area contributed by atoms with Crippen LogP contribution in [0.15, 0.2) is 18.2 Å². The fraction of sp³-hybridized carbons (Fsp3) is 0.500. The Labute approximate surface area is 95.8 Å². The molecular weight excluding hydrogens is 208 g/mol. The van der Waals surface area contributed by atoms with Gasteiger partial charge in [-0.1, -0.05) is 31.0 Å². The zero-order chi connectivity index (χ0) is 10.8. The van der Waals surface area contributed by atoms with Crippen molar-refractivity contribution in [1.82, 2.24) is 0 Å². The maximum absolute atomic E-state index is 6.11. The van der Waals surface area contributed by atoms with E-state index in [9.17, 15) is 0 Å². The molecule has 0 spiro atoms. The van der Waals surface area contributed by atoms with E-state index in [2.05, 4.69) is 12.2 Å². The second-order valence-corrected chi connectivity index (χ2v) is 4.77. The molecule has 3 N–H and O–H groups in total. The van der Waals surface area contributed by atoms with Crippen molar-refractivity contribution >= 4 is 23.0 Å². The number of para-hydroxylation sites is 1. The van der Waals surface area contributed by atoms with Gasteiger partial charge in [0.05, 0.1) is 16.4 Å². The highest BCUT2D eigenvalue weighted by Gasteiger charge is 2.24. The van der Waals surface area contributed by atoms with Gasteiger partial charge in [-0.2, -0.15) is 0 Å². The van der Waals surface area contributed by atoms with E-state index in [0.29, 0.717) is 17.0 Å². The molecule has 0 heterocycles. The van der Waals surface area contributed by atoms with Crippen LogP contribution in [0.2, 0.25) is 5.02 Å². The number of halogens is 1. The highest BCUT2D eigenvalue weighted by atomic mass is 35.5. The van der Waals surface area contributed by atoms with E-state index < -0.39 is 0 Å². The summed E-state index contributed by atoms with van der Waals surface area (Å²) in [5.41, 5.74) is 7.54. The molecule has 0 aromatic heterocycles. The van der Waals surface area contributed by atoms with Crippen molar-refractivity contribution < 1.29 is 0 Å². The average Bonchev–Trinajstić information content (AvgIpc) is 2.58. The van der Waals surface area contributed by atoms with E-state index in [-0.39, 0.29) is 0 Å². The summed E-state index contributed by atoms with van der Waals surface area (Å²) in [6.07, 6.45) is 3.80. The first-order valence-electron chi connectivity index (χ1n) is 5.49. The molecule has 3 heteroatoms. The van der Waals surface area contributed by atoms with Crippen molar-refractivity contribution in [3.8, 4) is 0 Å². The largest absolute Gasteiger partial charge is 0.397 e. The predicted octanol–water partition coefficient (Wildman–Crippen LogP) is 3.52. The summed E-state index contributed by atoms with van der Waals surface area (Å²) in [5, 5.41) is 4.19. The zero-order valence-electron chi connectivity index (χ0n) is 8.96. The molecule has 0 saturated heterocycles. The molecule has 2 unspecified atom stereocenters. The van der Waals surface area contributed by atoms with Crippen molar-refractivity contribution in [2.24, 2.45) is 5.92 Å². The number of nitrogens with one attached hydrogen (secondary N) is 1. The van der Waals surface area contributed by atoms with Gasteiger partial charge in [0.25, 0.3) is 0 Å². The maximum Gasteiger partial charge on any atom is 0.0765 e. The second-order valence-electron chi connectivity index (χ2n) is 4.36. The van der Waals surface area contributed by atoms with Gasteiger partial charge >= 0.3 is 0 Å². The summed E-state index contributed by atoms with van der Waals surface area (Å²) in [6, 6.07) is 6.15. The first-order chi connectivity index (χ1) is 7.18. The summed E-state index contributed by atoms with van der Waals surface area (Å²) in [6.45, 7) is 2.28. The molecule has 2 rings (SSSR count). The van der Waals surface area contributed by atoms with Crippen LogP contribution >= 0.6 is 11.6 Å². The van der Waals surface area contributed by atoms with Crippen LogP contribution < -0.4 is 11.1 Å². The van der Waals surface area contributed by atoms with E-state index in [1.165, 1.54) is 19.3 Å². The van der Waals surface area contributed by atoms with Crippen molar-refractivity contribution in [2.45, 2.75) is 32.2 Å².